The molecule has 3 rings (SSSR count). The van der Waals surface area contributed by atoms with E-state index in [9.17, 15) is 4.79 Å². The first-order valence-electron chi connectivity index (χ1n) is 9.07. The molecule has 1 aliphatic heterocycles. The number of hydrogen-bond donors (Lipinski definition) is 1. The summed E-state index contributed by atoms with van der Waals surface area (Å²) in [4.78, 5) is 18.8. The number of aryl methyl sites for hydroxylation is 3. The van der Waals surface area contributed by atoms with Gasteiger partial charge in [0, 0.05) is 24.6 Å². The van der Waals surface area contributed by atoms with Gasteiger partial charge in [0.25, 0.3) is 0 Å². The third-order valence-electron chi connectivity index (χ3n) is 5.04. The van der Waals surface area contributed by atoms with E-state index in [1.165, 1.54) is 5.56 Å². The number of nitrogens with zero attached hydrogens (tertiary/aromatic N) is 3. The van der Waals surface area contributed by atoms with Gasteiger partial charge < -0.3 is 9.88 Å². The van der Waals surface area contributed by atoms with E-state index in [0.717, 1.165) is 49.3 Å². The number of likely N-dealkylation sites (tertiary alicyclic amines) is 1. The fourth-order valence-electron chi connectivity index (χ4n) is 3.78. The van der Waals surface area contributed by atoms with Crippen molar-refractivity contribution in [2.24, 2.45) is 5.92 Å². The Morgan fingerprint density at radius 2 is 1.88 bits per heavy atom. The minimum Gasteiger partial charge on any atom is -0.337 e. The van der Waals surface area contributed by atoms with E-state index < -0.39 is 0 Å². The van der Waals surface area contributed by atoms with Crippen molar-refractivity contribution in [2.45, 2.75) is 40.2 Å². The monoisotopic (exact) mass is 340 g/mol. The predicted molar refractivity (Wildman–Crippen MR) is 101 cm³/mol. The second-order valence-corrected chi connectivity index (χ2v) is 7.30. The topological polar surface area (TPSA) is 50.2 Å². The molecule has 1 N–H and O–H groups in total. The highest BCUT2D eigenvalue weighted by molar-refractivity contribution is 5.93. The van der Waals surface area contributed by atoms with Crippen LogP contribution < -0.4 is 5.32 Å². The van der Waals surface area contributed by atoms with Crippen LogP contribution in [0.15, 0.2) is 30.9 Å². The van der Waals surface area contributed by atoms with E-state index in [1.807, 2.05) is 18.7 Å². The Morgan fingerprint density at radius 1 is 1.20 bits per heavy atom. The lowest BCUT2D eigenvalue weighted by Gasteiger charge is -2.31. The van der Waals surface area contributed by atoms with Crippen molar-refractivity contribution in [3.05, 3.63) is 47.5 Å². The van der Waals surface area contributed by atoms with Crippen molar-refractivity contribution in [1.82, 2.24) is 14.5 Å². The minimum atomic E-state index is 0.0862. The maximum atomic E-state index is 12.4. The quantitative estimate of drug-likeness (QED) is 0.909. The molecule has 0 bridgehead atoms. The van der Waals surface area contributed by atoms with Crippen molar-refractivity contribution in [3.63, 3.8) is 0 Å². The molecule has 2 aromatic rings. The van der Waals surface area contributed by atoms with Gasteiger partial charge in [-0.2, -0.15) is 0 Å². The molecule has 5 heteroatoms. The molecule has 0 atom stereocenters. The van der Waals surface area contributed by atoms with Gasteiger partial charge in [-0.3, -0.25) is 9.69 Å². The number of aromatic nitrogens is 2. The Morgan fingerprint density at radius 3 is 2.48 bits per heavy atom. The van der Waals surface area contributed by atoms with Gasteiger partial charge in [0.05, 0.1) is 12.9 Å². The molecule has 0 spiro atoms. The zero-order valence-corrected chi connectivity index (χ0v) is 15.5. The summed E-state index contributed by atoms with van der Waals surface area (Å²) in [6.07, 6.45) is 7.99. The minimum absolute atomic E-state index is 0.0862. The lowest BCUT2D eigenvalue weighted by molar-refractivity contribution is -0.117. The van der Waals surface area contributed by atoms with Crippen LogP contribution in [0.1, 0.15) is 29.5 Å². The largest absolute Gasteiger partial charge is 0.337 e. The Balaban J connectivity index is 1.48. The van der Waals surface area contributed by atoms with Gasteiger partial charge >= 0.3 is 0 Å². The molecule has 1 aliphatic rings. The second-order valence-electron chi connectivity index (χ2n) is 7.30. The normalized spacial score (nSPS) is 16.1. The number of piperidine rings is 1. The molecule has 0 radical (unpaired) electrons. The summed E-state index contributed by atoms with van der Waals surface area (Å²) in [5, 5.41) is 3.11. The molecule has 2 heterocycles. The molecule has 1 saturated heterocycles. The van der Waals surface area contributed by atoms with E-state index in [1.54, 1.807) is 0 Å². The van der Waals surface area contributed by atoms with E-state index in [4.69, 9.17) is 0 Å². The van der Waals surface area contributed by atoms with Crippen molar-refractivity contribution in [1.29, 1.82) is 0 Å². The number of nitrogens with one attached hydrogen (secondary N) is 1. The van der Waals surface area contributed by atoms with Gasteiger partial charge in [-0.15, -0.1) is 0 Å². The van der Waals surface area contributed by atoms with Crippen LogP contribution in [0.2, 0.25) is 0 Å². The van der Waals surface area contributed by atoms with Crippen LogP contribution in [0.5, 0.6) is 0 Å². The van der Waals surface area contributed by atoms with Gasteiger partial charge in [-0.1, -0.05) is 17.7 Å². The molecule has 1 aromatic heterocycles. The zero-order valence-electron chi connectivity index (χ0n) is 15.5. The predicted octanol–water partition coefficient (Wildman–Crippen LogP) is 3.16. The Hall–Kier alpha value is -2.14. The first kappa shape index (κ1) is 17.7. The first-order valence-corrected chi connectivity index (χ1v) is 9.07. The molecule has 1 aromatic carbocycles. The number of carbonyl (C=O) groups excluding carboxylic acids is 1. The third kappa shape index (κ3) is 4.69. The molecule has 1 fully saturated rings. The molecule has 5 nitrogen and oxygen atoms in total. The molecular weight excluding hydrogens is 312 g/mol. The van der Waals surface area contributed by atoms with Gasteiger partial charge in [0.2, 0.25) is 5.91 Å². The van der Waals surface area contributed by atoms with Gasteiger partial charge in [-0.05, 0) is 63.7 Å². The number of hydrogen-bond acceptors (Lipinski definition) is 3. The standard InChI is InChI=1S/C20H28N4O/c1-15-10-16(2)20(17(3)11-15)22-19(25)13-23-7-4-18(5-8-23)12-24-9-6-21-14-24/h6,9-11,14,18H,4-5,7-8,12-13H2,1-3H3,(H,22,25). The summed E-state index contributed by atoms with van der Waals surface area (Å²) in [6.45, 7) is 9.66. The highest BCUT2D eigenvalue weighted by atomic mass is 16.2. The number of anilines is 1. The van der Waals surface area contributed by atoms with Crippen LogP contribution in [-0.2, 0) is 11.3 Å². The maximum absolute atomic E-state index is 12.4. The van der Waals surface area contributed by atoms with Crippen molar-refractivity contribution < 1.29 is 4.79 Å². The van der Waals surface area contributed by atoms with Gasteiger partial charge in [0.1, 0.15) is 0 Å². The number of benzene rings is 1. The fourth-order valence-corrected chi connectivity index (χ4v) is 3.78. The van der Waals surface area contributed by atoms with Crippen LogP contribution in [0.25, 0.3) is 0 Å². The fraction of sp³-hybridized carbons (Fsp3) is 0.500. The van der Waals surface area contributed by atoms with Crippen molar-refractivity contribution in [3.8, 4) is 0 Å². The molecule has 0 saturated carbocycles. The summed E-state index contributed by atoms with van der Waals surface area (Å²) < 4.78 is 2.15. The molecular formula is C20H28N4O. The van der Waals surface area contributed by atoms with Crippen LogP contribution in [0.3, 0.4) is 0 Å². The first-order chi connectivity index (χ1) is 12.0. The Labute approximate surface area is 150 Å². The number of amides is 1. The highest BCUT2D eigenvalue weighted by Crippen LogP contribution is 2.22. The summed E-state index contributed by atoms with van der Waals surface area (Å²) >= 11 is 0. The average Bonchev–Trinajstić information content (AvgIpc) is 3.06. The van der Waals surface area contributed by atoms with Crippen LogP contribution in [0.4, 0.5) is 5.69 Å². The van der Waals surface area contributed by atoms with E-state index in [0.29, 0.717) is 12.5 Å². The van der Waals surface area contributed by atoms with Crippen molar-refractivity contribution in [2.75, 3.05) is 25.0 Å². The zero-order chi connectivity index (χ0) is 17.8. The number of imidazole rings is 1. The highest BCUT2D eigenvalue weighted by Gasteiger charge is 2.21. The van der Waals surface area contributed by atoms with Gasteiger partial charge in [-0.25, -0.2) is 4.98 Å². The van der Waals surface area contributed by atoms with E-state index in [2.05, 4.69) is 52.7 Å². The molecule has 25 heavy (non-hydrogen) atoms. The van der Waals surface area contributed by atoms with Crippen LogP contribution in [0, 0.1) is 26.7 Å². The lowest BCUT2D eigenvalue weighted by atomic mass is 9.97. The average molecular weight is 340 g/mol. The smallest absolute Gasteiger partial charge is 0.238 e. The molecule has 0 aliphatic carbocycles. The van der Waals surface area contributed by atoms with Crippen LogP contribution in [-0.4, -0.2) is 40.0 Å². The van der Waals surface area contributed by atoms with E-state index in [-0.39, 0.29) is 5.91 Å². The number of carbonyl (C=O) groups is 1. The molecule has 0 unspecified atom stereocenters. The second kappa shape index (κ2) is 7.83. The Bertz CT molecular complexity index is 692. The van der Waals surface area contributed by atoms with Crippen LogP contribution >= 0.6 is 0 Å². The summed E-state index contributed by atoms with van der Waals surface area (Å²) in [5.41, 5.74) is 4.45. The van der Waals surface area contributed by atoms with Crippen molar-refractivity contribution >= 4 is 11.6 Å². The number of rotatable bonds is 5. The third-order valence-corrected chi connectivity index (χ3v) is 5.04. The Kier molecular flexibility index (Phi) is 5.53. The lowest BCUT2D eigenvalue weighted by Crippen LogP contribution is -2.40. The molecule has 134 valence electrons. The van der Waals surface area contributed by atoms with Gasteiger partial charge in [0.15, 0.2) is 0 Å². The SMILES string of the molecule is Cc1cc(C)c(NC(=O)CN2CCC(Cn3ccnc3)CC2)c(C)c1. The summed E-state index contributed by atoms with van der Waals surface area (Å²) in [5.74, 6) is 0.762. The summed E-state index contributed by atoms with van der Waals surface area (Å²) in [7, 11) is 0. The maximum Gasteiger partial charge on any atom is 0.238 e. The molecule has 1 amide bonds. The summed E-state index contributed by atoms with van der Waals surface area (Å²) in [6, 6.07) is 4.23. The van der Waals surface area contributed by atoms with E-state index >= 15 is 0 Å².